The molecule has 0 saturated heterocycles. The van der Waals surface area contributed by atoms with Crippen LogP contribution in [0.5, 0.6) is 0 Å². The number of benzene rings is 1. The lowest BCUT2D eigenvalue weighted by Crippen LogP contribution is -2.31. The Kier molecular flexibility index (Phi) is 4.92. The Labute approximate surface area is 129 Å². The summed E-state index contributed by atoms with van der Waals surface area (Å²) in [4.78, 5) is 11.4. The topological polar surface area (TPSA) is 90.9 Å². The molecule has 0 radical (unpaired) electrons. The molecule has 0 spiro atoms. The second-order valence-electron chi connectivity index (χ2n) is 5.26. The van der Waals surface area contributed by atoms with Gasteiger partial charge in [-0.25, -0.2) is 0 Å². The van der Waals surface area contributed by atoms with Crippen LogP contribution in [0.25, 0.3) is 0 Å². The maximum atomic E-state index is 11.4. The number of carboxylic acids is 1. The zero-order valence-electron chi connectivity index (χ0n) is 12.5. The fourth-order valence-corrected chi connectivity index (χ4v) is 2.24. The third-order valence-electron chi connectivity index (χ3n) is 3.54. The number of aromatic nitrogens is 2. The summed E-state index contributed by atoms with van der Waals surface area (Å²) in [6.45, 7) is 2.52. The monoisotopic (exact) mass is 298 g/mol. The van der Waals surface area contributed by atoms with Gasteiger partial charge in [-0.15, -0.1) is 0 Å². The zero-order chi connectivity index (χ0) is 16.1. The van der Waals surface area contributed by atoms with Crippen molar-refractivity contribution in [1.29, 1.82) is 5.26 Å². The molecule has 0 fully saturated rings. The Bertz CT molecular complexity index is 685. The van der Waals surface area contributed by atoms with E-state index >= 15 is 0 Å². The second kappa shape index (κ2) is 6.87. The first-order valence-corrected chi connectivity index (χ1v) is 6.96. The molecule has 0 aliphatic heterocycles. The van der Waals surface area contributed by atoms with E-state index in [0.29, 0.717) is 17.7 Å². The highest BCUT2D eigenvalue weighted by Gasteiger charge is 2.21. The molecule has 2 rings (SSSR count). The summed E-state index contributed by atoms with van der Waals surface area (Å²) in [7, 11) is 1.75. The average molecular weight is 298 g/mol. The molecule has 6 heteroatoms. The van der Waals surface area contributed by atoms with Gasteiger partial charge in [-0.05, 0) is 23.6 Å². The number of nitriles is 1. The fraction of sp³-hybridized carbons (Fsp3) is 0.312. The quantitative estimate of drug-likeness (QED) is 0.848. The van der Waals surface area contributed by atoms with Crippen LogP contribution >= 0.6 is 0 Å². The van der Waals surface area contributed by atoms with Gasteiger partial charge in [0.25, 0.3) is 0 Å². The van der Waals surface area contributed by atoms with Crippen molar-refractivity contribution in [3.63, 3.8) is 0 Å². The predicted molar refractivity (Wildman–Crippen MR) is 81.2 cm³/mol. The number of aliphatic carboxylic acids is 1. The minimum absolute atomic E-state index is 0.131. The summed E-state index contributed by atoms with van der Waals surface area (Å²) < 4.78 is 1.58. The molecule has 114 valence electrons. The Balaban J connectivity index is 2.02. The van der Waals surface area contributed by atoms with Gasteiger partial charge in [0.15, 0.2) is 0 Å². The molecule has 2 unspecified atom stereocenters. The number of aryl methyl sites for hydroxylation is 1. The Morgan fingerprint density at radius 2 is 2.09 bits per heavy atom. The third-order valence-corrected chi connectivity index (χ3v) is 3.54. The van der Waals surface area contributed by atoms with Gasteiger partial charge in [0.1, 0.15) is 6.04 Å². The number of carbonyl (C=O) groups is 1. The van der Waals surface area contributed by atoms with Crippen molar-refractivity contribution in [2.45, 2.75) is 18.9 Å². The molecule has 0 aliphatic rings. The Hall–Kier alpha value is -2.65. The maximum absolute atomic E-state index is 11.4. The molecule has 2 aromatic rings. The molecule has 0 bridgehead atoms. The van der Waals surface area contributed by atoms with E-state index in [-0.39, 0.29) is 5.92 Å². The van der Waals surface area contributed by atoms with E-state index in [1.807, 2.05) is 19.1 Å². The molecule has 22 heavy (non-hydrogen) atoms. The van der Waals surface area contributed by atoms with E-state index in [4.69, 9.17) is 5.26 Å². The second-order valence-corrected chi connectivity index (χ2v) is 5.26. The van der Waals surface area contributed by atoms with Crippen LogP contribution in [-0.4, -0.2) is 27.4 Å². The van der Waals surface area contributed by atoms with E-state index in [1.54, 1.807) is 36.3 Å². The van der Waals surface area contributed by atoms with Gasteiger partial charge >= 0.3 is 5.97 Å². The van der Waals surface area contributed by atoms with Crippen molar-refractivity contribution in [3.8, 4) is 6.07 Å². The van der Waals surface area contributed by atoms with E-state index in [2.05, 4.69) is 16.5 Å². The molecule has 2 N–H and O–H groups in total. The van der Waals surface area contributed by atoms with Crippen LogP contribution in [0.15, 0.2) is 36.7 Å². The lowest BCUT2D eigenvalue weighted by Gasteiger charge is -2.17. The Morgan fingerprint density at radius 3 is 2.59 bits per heavy atom. The lowest BCUT2D eigenvalue weighted by atomic mass is 9.99. The fourth-order valence-electron chi connectivity index (χ4n) is 2.24. The first kappa shape index (κ1) is 15.7. The van der Waals surface area contributed by atoms with E-state index < -0.39 is 12.0 Å². The first-order chi connectivity index (χ1) is 10.5. The molecule has 0 amide bonds. The maximum Gasteiger partial charge on any atom is 0.325 e. The van der Waals surface area contributed by atoms with Crippen LogP contribution in [0.1, 0.15) is 35.6 Å². The van der Waals surface area contributed by atoms with Gasteiger partial charge in [0, 0.05) is 25.4 Å². The Morgan fingerprint density at radius 1 is 1.41 bits per heavy atom. The first-order valence-electron chi connectivity index (χ1n) is 6.96. The van der Waals surface area contributed by atoms with Crippen molar-refractivity contribution in [2.24, 2.45) is 7.05 Å². The lowest BCUT2D eigenvalue weighted by molar-refractivity contribution is -0.139. The highest BCUT2D eigenvalue weighted by molar-refractivity contribution is 5.75. The van der Waals surface area contributed by atoms with E-state index in [1.165, 1.54) is 0 Å². The zero-order valence-corrected chi connectivity index (χ0v) is 12.5. The molecule has 0 saturated carbocycles. The molecule has 1 heterocycles. The van der Waals surface area contributed by atoms with Crippen LogP contribution in [0.2, 0.25) is 0 Å². The van der Waals surface area contributed by atoms with Gasteiger partial charge < -0.3 is 10.4 Å². The largest absolute Gasteiger partial charge is 0.480 e. The van der Waals surface area contributed by atoms with Crippen molar-refractivity contribution < 1.29 is 9.90 Å². The van der Waals surface area contributed by atoms with Gasteiger partial charge in [0.2, 0.25) is 0 Å². The van der Waals surface area contributed by atoms with Crippen LogP contribution in [-0.2, 0) is 11.8 Å². The highest BCUT2D eigenvalue weighted by Crippen LogP contribution is 2.18. The highest BCUT2D eigenvalue weighted by atomic mass is 16.4. The van der Waals surface area contributed by atoms with Crippen LogP contribution < -0.4 is 5.32 Å². The molecule has 0 aliphatic carbocycles. The minimum Gasteiger partial charge on any atom is -0.480 e. The third kappa shape index (κ3) is 3.71. The smallest absolute Gasteiger partial charge is 0.325 e. The van der Waals surface area contributed by atoms with Crippen molar-refractivity contribution >= 4 is 5.97 Å². The van der Waals surface area contributed by atoms with Gasteiger partial charge in [-0.2, -0.15) is 10.4 Å². The summed E-state index contributed by atoms with van der Waals surface area (Å²) in [5, 5.41) is 25.2. The number of carboxylic acid groups (broad SMARTS) is 1. The SMILES string of the molecule is CC(CNC(C(=O)O)c1cnn(C)c1)c1ccc(C#N)cc1. The molecule has 1 aromatic heterocycles. The molecule has 6 nitrogen and oxygen atoms in total. The summed E-state index contributed by atoms with van der Waals surface area (Å²) >= 11 is 0. The van der Waals surface area contributed by atoms with Crippen molar-refractivity contribution in [3.05, 3.63) is 53.3 Å². The van der Waals surface area contributed by atoms with Crippen LogP contribution in [0, 0.1) is 11.3 Å². The van der Waals surface area contributed by atoms with Crippen LogP contribution in [0.4, 0.5) is 0 Å². The van der Waals surface area contributed by atoms with E-state index in [0.717, 1.165) is 5.56 Å². The predicted octanol–water partition coefficient (Wildman–Crippen LogP) is 1.81. The standard InChI is InChI=1S/C16H18N4O2/c1-11(13-5-3-12(7-17)4-6-13)8-18-15(16(21)22)14-9-19-20(2)10-14/h3-6,9-11,15,18H,8H2,1-2H3,(H,21,22). The van der Waals surface area contributed by atoms with Crippen LogP contribution in [0.3, 0.4) is 0 Å². The number of hydrogen-bond donors (Lipinski definition) is 2. The normalized spacial score (nSPS) is 13.3. The molecule has 1 aromatic carbocycles. The number of nitrogens with zero attached hydrogens (tertiary/aromatic N) is 3. The molecule has 2 atom stereocenters. The van der Waals surface area contributed by atoms with Crippen molar-refractivity contribution in [2.75, 3.05) is 6.54 Å². The van der Waals surface area contributed by atoms with E-state index in [9.17, 15) is 9.90 Å². The van der Waals surface area contributed by atoms with Crippen molar-refractivity contribution in [1.82, 2.24) is 15.1 Å². The molecular formula is C16H18N4O2. The van der Waals surface area contributed by atoms with Gasteiger partial charge in [0.05, 0.1) is 17.8 Å². The number of hydrogen-bond acceptors (Lipinski definition) is 4. The van der Waals surface area contributed by atoms with Gasteiger partial charge in [-0.1, -0.05) is 19.1 Å². The average Bonchev–Trinajstić information content (AvgIpc) is 2.93. The minimum atomic E-state index is -0.931. The summed E-state index contributed by atoms with van der Waals surface area (Å²) in [5.74, 6) is -0.800. The number of rotatable bonds is 6. The number of nitrogens with one attached hydrogen (secondary N) is 1. The molecular weight excluding hydrogens is 280 g/mol. The van der Waals surface area contributed by atoms with Gasteiger partial charge in [-0.3, -0.25) is 9.48 Å². The summed E-state index contributed by atoms with van der Waals surface area (Å²) in [5.41, 5.74) is 2.30. The summed E-state index contributed by atoms with van der Waals surface area (Å²) in [6.07, 6.45) is 3.25. The summed E-state index contributed by atoms with van der Waals surface area (Å²) in [6, 6.07) is 8.61.